The lowest BCUT2D eigenvalue weighted by molar-refractivity contribution is -0.123. The highest BCUT2D eigenvalue weighted by Crippen LogP contribution is 2.29. The van der Waals surface area contributed by atoms with Crippen molar-refractivity contribution in [1.29, 1.82) is 0 Å². The zero-order valence-electron chi connectivity index (χ0n) is 20.6. The predicted octanol–water partition coefficient (Wildman–Crippen LogP) is 5.05. The lowest BCUT2D eigenvalue weighted by Crippen LogP contribution is -2.30. The summed E-state index contributed by atoms with van der Waals surface area (Å²) in [6.45, 7) is 5.20. The highest BCUT2D eigenvalue weighted by Gasteiger charge is 2.30. The molecule has 1 atom stereocenters. The molecule has 0 saturated carbocycles. The second kappa shape index (κ2) is 9.35. The van der Waals surface area contributed by atoms with Crippen molar-refractivity contribution >= 4 is 29.1 Å². The summed E-state index contributed by atoms with van der Waals surface area (Å²) in [7, 11) is 0. The number of para-hydroxylation sites is 1. The molecule has 3 aromatic carbocycles. The summed E-state index contributed by atoms with van der Waals surface area (Å²) in [6.07, 6.45) is -1.10. The molecule has 1 aromatic heterocycles. The molecule has 1 N–H and O–H groups in total. The van der Waals surface area contributed by atoms with Gasteiger partial charge in [-0.2, -0.15) is 0 Å². The van der Waals surface area contributed by atoms with Crippen molar-refractivity contribution in [2.24, 2.45) is 0 Å². The normalized spacial score (nSPS) is 12.9. The average Bonchev–Trinajstić information content (AvgIpc) is 3.21. The van der Waals surface area contributed by atoms with E-state index in [9.17, 15) is 19.2 Å². The van der Waals surface area contributed by atoms with Crippen LogP contribution in [0, 0.1) is 13.8 Å². The average molecular weight is 493 g/mol. The predicted molar refractivity (Wildman–Crippen MR) is 138 cm³/mol. The second-order valence-corrected chi connectivity index (χ2v) is 8.96. The molecule has 0 aliphatic heterocycles. The van der Waals surface area contributed by atoms with Crippen LogP contribution < -0.4 is 5.32 Å². The zero-order chi connectivity index (χ0) is 26.3. The maximum atomic E-state index is 13.0. The summed E-state index contributed by atoms with van der Waals surface area (Å²) in [5.74, 6) is -1.69. The molecule has 37 heavy (non-hydrogen) atoms. The third-order valence-electron chi connectivity index (χ3n) is 6.51. The van der Waals surface area contributed by atoms with E-state index in [1.165, 1.54) is 19.1 Å². The molecule has 0 unspecified atom stereocenters. The van der Waals surface area contributed by atoms with Gasteiger partial charge in [-0.3, -0.25) is 14.4 Å². The number of amides is 1. The molecule has 0 bridgehead atoms. The first-order valence-corrected chi connectivity index (χ1v) is 11.8. The molecule has 1 amide bonds. The molecule has 1 heterocycles. The van der Waals surface area contributed by atoms with Crippen molar-refractivity contribution in [3.63, 3.8) is 0 Å². The molecule has 184 valence electrons. The van der Waals surface area contributed by atoms with Crippen LogP contribution in [0.25, 0.3) is 5.69 Å². The molecule has 5 rings (SSSR count). The van der Waals surface area contributed by atoms with Gasteiger partial charge in [0.1, 0.15) is 0 Å². The van der Waals surface area contributed by atoms with Gasteiger partial charge in [0, 0.05) is 45.0 Å². The van der Waals surface area contributed by atoms with Crippen LogP contribution in [0.2, 0.25) is 0 Å². The van der Waals surface area contributed by atoms with Gasteiger partial charge in [-0.15, -0.1) is 0 Å². The fraction of sp³-hybridized carbons (Fsp3) is 0.133. The molecule has 7 nitrogen and oxygen atoms in total. The largest absolute Gasteiger partial charge is 0.449 e. The smallest absolute Gasteiger partial charge is 0.340 e. The summed E-state index contributed by atoms with van der Waals surface area (Å²) in [6, 6.07) is 22.6. The molecule has 0 saturated heterocycles. The van der Waals surface area contributed by atoms with Gasteiger partial charge in [-0.25, -0.2) is 4.79 Å². The van der Waals surface area contributed by atoms with Crippen LogP contribution in [0.3, 0.4) is 0 Å². The summed E-state index contributed by atoms with van der Waals surface area (Å²) in [5, 5.41) is 2.68. The van der Waals surface area contributed by atoms with Gasteiger partial charge in [-0.05, 0) is 57.2 Å². The number of rotatable bonds is 5. The van der Waals surface area contributed by atoms with Crippen molar-refractivity contribution in [3.8, 4) is 5.69 Å². The third kappa shape index (κ3) is 4.25. The number of ether oxygens (including phenoxy) is 1. The quantitative estimate of drug-likeness (QED) is 0.347. The number of ketones is 2. The van der Waals surface area contributed by atoms with Crippen LogP contribution in [0.1, 0.15) is 60.5 Å². The topological polar surface area (TPSA) is 94.5 Å². The number of fused-ring (bicyclic) bond motifs is 2. The number of anilines is 1. The van der Waals surface area contributed by atoms with E-state index in [1.807, 2.05) is 48.7 Å². The molecule has 0 fully saturated rings. The summed E-state index contributed by atoms with van der Waals surface area (Å²) in [5.41, 5.74) is 4.40. The Hall–Kier alpha value is -4.78. The first-order valence-electron chi connectivity index (χ1n) is 11.8. The van der Waals surface area contributed by atoms with Crippen LogP contribution in [0.15, 0.2) is 78.9 Å². The van der Waals surface area contributed by atoms with Crippen molar-refractivity contribution < 1.29 is 23.9 Å². The Labute approximate surface area is 213 Å². The monoisotopic (exact) mass is 492 g/mol. The first kappa shape index (κ1) is 23.9. The van der Waals surface area contributed by atoms with E-state index in [1.54, 1.807) is 36.4 Å². The Morgan fingerprint density at radius 2 is 1.38 bits per heavy atom. The van der Waals surface area contributed by atoms with E-state index >= 15 is 0 Å². The SMILES string of the molecule is Cc1cc(C(=O)O[C@@H](C)C(=O)Nc2ccc3c(c2)C(=O)c2ccccc2C3=O)c(C)n1-c1ccccc1. The highest BCUT2D eigenvalue weighted by atomic mass is 16.5. The van der Waals surface area contributed by atoms with Crippen molar-refractivity contribution in [2.45, 2.75) is 26.9 Å². The number of aromatic nitrogens is 1. The minimum atomic E-state index is -1.10. The molecule has 1 aliphatic carbocycles. The van der Waals surface area contributed by atoms with Gasteiger partial charge in [0.05, 0.1) is 5.56 Å². The van der Waals surface area contributed by atoms with Crippen LogP contribution in [0.5, 0.6) is 0 Å². The Morgan fingerprint density at radius 1 is 0.784 bits per heavy atom. The number of esters is 1. The lowest BCUT2D eigenvalue weighted by atomic mass is 9.84. The van der Waals surface area contributed by atoms with Gasteiger partial charge >= 0.3 is 5.97 Å². The maximum Gasteiger partial charge on any atom is 0.340 e. The van der Waals surface area contributed by atoms with E-state index in [4.69, 9.17) is 4.74 Å². The van der Waals surface area contributed by atoms with E-state index < -0.39 is 18.0 Å². The summed E-state index contributed by atoms with van der Waals surface area (Å²) < 4.78 is 7.42. The van der Waals surface area contributed by atoms with Gasteiger partial charge in [0.25, 0.3) is 5.91 Å². The minimum Gasteiger partial charge on any atom is -0.449 e. The third-order valence-corrected chi connectivity index (χ3v) is 6.51. The van der Waals surface area contributed by atoms with Gasteiger partial charge < -0.3 is 14.6 Å². The Morgan fingerprint density at radius 3 is 2.05 bits per heavy atom. The van der Waals surface area contributed by atoms with Crippen LogP contribution in [0.4, 0.5) is 5.69 Å². The standard InChI is InChI=1S/C30H24N2O5/c1-17-15-25(18(2)32(17)21-9-5-4-6-10-21)30(36)37-19(3)29(35)31-20-13-14-24-26(16-20)28(34)23-12-8-7-11-22(23)27(24)33/h4-16,19H,1-3H3,(H,31,35)/t19-/m0/s1. The van der Waals surface area contributed by atoms with Crippen LogP contribution >= 0.6 is 0 Å². The fourth-order valence-corrected chi connectivity index (χ4v) is 4.64. The number of benzene rings is 3. The van der Waals surface area contributed by atoms with E-state index in [0.717, 1.165) is 11.4 Å². The van der Waals surface area contributed by atoms with Crippen molar-refractivity contribution in [3.05, 3.63) is 118 Å². The number of aryl methyl sites for hydroxylation is 1. The Kier molecular flexibility index (Phi) is 6.05. The molecular formula is C30H24N2O5. The highest BCUT2D eigenvalue weighted by molar-refractivity contribution is 6.28. The number of nitrogens with one attached hydrogen (secondary N) is 1. The molecular weight excluding hydrogens is 468 g/mol. The zero-order valence-corrected chi connectivity index (χ0v) is 20.6. The molecule has 0 radical (unpaired) electrons. The van der Waals surface area contributed by atoms with Crippen molar-refractivity contribution in [2.75, 3.05) is 5.32 Å². The van der Waals surface area contributed by atoms with Gasteiger partial charge in [0.15, 0.2) is 17.7 Å². The Balaban J connectivity index is 1.31. The van der Waals surface area contributed by atoms with E-state index in [0.29, 0.717) is 28.1 Å². The maximum absolute atomic E-state index is 13.0. The second-order valence-electron chi connectivity index (χ2n) is 8.96. The number of carbonyl (C=O) groups excluding carboxylic acids is 4. The summed E-state index contributed by atoms with van der Waals surface area (Å²) in [4.78, 5) is 51.5. The van der Waals surface area contributed by atoms with Gasteiger partial charge in [0.2, 0.25) is 0 Å². The Bertz CT molecular complexity index is 1580. The number of nitrogens with zero attached hydrogens (tertiary/aromatic N) is 1. The molecule has 1 aliphatic rings. The number of carbonyl (C=O) groups is 4. The minimum absolute atomic E-state index is 0.222. The van der Waals surface area contributed by atoms with E-state index in [2.05, 4.69) is 5.32 Å². The van der Waals surface area contributed by atoms with Crippen molar-refractivity contribution in [1.82, 2.24) is 4.57 Å². The molecule has 7 heteroatoms. The first-order chi connectivity index (χ1) is 17.8. The van der Waals surface area contributed by atoms with Gasteiger partial charge in [-0.1, -0.05) is 42.5 Å². The fourth-order valence-electron chi connectivity index (χ4n) is 4.64. The molecule has 4 aromatic rings. The van der Waals surface area contributed by atoms with Crippen LogP contribution in [-0.2, 0) is 9.53 Å². The summed E-state index contributed by atoms with van der Waals surface area (Å²) >= 11 is 0. The lowest BCUT2D eigenvalue weighted by Gasteiger charge is -2.19. The molecule has 0 spiro atoms. The number of hydrogen-bond donors (Lipinski definition) is 1. The number of hydrogen-bond acceptors (Lipinski definition) is 5. The van der Waals surface area contributed by atoms with Crippen LogP contribution in [-0.4, -0.2) is 34.1 Å². The van der Waals surface area contributed by atoms with E-state index in [-0.39, 0.29) is 22.7 Å².